The lowest BCUT2D eigenvalue weighted by atomic mass is 10.2. The molecular formula is C11H11BrF2N2O2. The van der Waals surface area contributed by atoms with Crippen molar-refractivity contribution in [3.63, 3.8) is 0 Å². The molecule has 1 aliphatic heterocycles. The molecule has 0 unspecified atom stereocenters. The fraction of sp³-hybridized carbons (Fsp3) is 0.455. The van der Waals surface area contributed by atoms with Crippen molar-refractivity contribution in [1.29, 1.82) is 0 Å². The van der Waals surface area contributed by atoms with Crippen LogP contribution in [0.25, 0.3) is 0 Å². The molecule has 18 heavy (non-hydrogen) atoms. The number of hydrogen-bond acceptors (Lipinski definition) is 3. The van der Waals surface area contributed by atoms with Crippen LogP contribution in [0.4, 0.5) is 8.78 Å². The van der Waals surface area contributed by atoms with Crippen LogP contribution in [0.5, 0.6) is 0 Å². The number of ether oxygens (including phenoxy) is 1. The van der Waals surface area contributed by atoms with Gasteiger partial charge in [0.05, 0.1) is 13.2 Å². The molecule has 2 heterocycles. The number of alkyl halides is 2. The van der Waals surface area contributed by atoms with Crippen molar-refractivity contribution in [3.8, 4) is 0 Å². The van der Waals surface area contributed by atoms with Crippen LogP contribution in [0.3, 0.4) is 0 Å². The molecule has 0 N–H and O–H groups in total. The molecule has 0 saturated carbocycles. The van der Waals surface area contributed by atoms with E-state index < -0.39 is 17.5 Å². The van der Waals surface area contributed by atoms with E-state index in [0.717, 1.165) is 11.0 Å². The van der Waals surface area contributed by atoms with Crippen molar-refractivity contribution < 1.29 is 18.3 Å². The summed E-state index contributed by atoms with van der Waals surface area (Å²) in [5.41, 5.74) is -0.540. The minimum Gasteiger partial charge on any atom is -0.378 e. The molecule has 1 saturated heterocycles. The van der Waals surface area contributed by atoms with E-state index in [2.05, 4.69) is 20.9 Å². The van der Waals surface area contributed by atoms with E-state index in [4.69, 9.17) is 4.74 Å². The summed E-state index contributed by atoms with van der Waals surface area (Å²) in [6, 6.07) is 2.57. The Kier molecular flexibility index (Phi) is 3.91. The molecule has 1 aromatic heterocycles. The highest BCUT2D eigenvalue weighted by Crippen LogP contribution is 2.29. The first kappa shape index (κ1) is 13.4. The van der Waals surface area contributed by atoms with Crippen molar-refractivity contribution >= 4 is 21.8 Å². The van der Waals surface area contributed by atoms with Crippen LogP contribution in [0.1, 0.15) is 5.69 Å². The second-order valence-corrected chi connectivity index (χ2v) is 4.76. The zero-order chi connectivity index (χ0) is 13.2. The van der Waals surface area contributed by atoms with Gasteiger partial charge in [-0.3, -0.25) is 9.78 Å². The molecule has 0 spiro atoms. The normalized spacial score (nSPS) is 16.7. The van der Waals surface area contributed by atoms with Crippen LogP contribution in [-0.4, -0.2) is 42.1 Å². The molecular weight excluding hydrogens is 310 g/mol. The number of amides is 1. The van der Waals surface area contributed by atoms with E-state index in [1.165, 1.54) is 12.3 Å². The lowest BCUT2D eigenvalue weighted by molar-refractivity contribution is -0.163. The van der Waals surface area contributed by atoms with Gasteiger partial charge in [-0.25, -0.2) is 0 Å². The van der Waals surface area contributed by atoms with Gasteiger partial charge in [0.1, 0.15) is 5.69 Å². The standard InChI is InChI=1S/C11H11BrF2N2O2/c12-8-1-2-9(15-7-8)11(13,14)10(17)16-3-5-18-6-4-16/h1-2,7H,3-6H2. The Hall–Kier alpha value is -1.08. The lowest BCUT2D eigenvalue weighted by Crippen LogP contribution is -2.47. The topological polar surface area (TPSA) is 42.4 Å². The summed E-state index contributed by atoms with van der Waals surface area (Å²) in [7, 11) is 0. The molecule has 1 aliphatic rings. The van der Waals surface area contributed by atoms with E-state index in [9.17, 15) is 13.6 Å². The Morgan fingerprint density at radius 1 is 1.39 bits per heavy atom. The second-order valence-electron chi connectivity index (χ2n) is 3.84. The highest BCUT2D eigenvalue weighted by Gasteiger charge is 2.45. The number of aromatic nitrogens is 1. The smallest absolute Gasteiger partial charge is 0.366 e. The lowest BCUT2D eigenvalue weighted by Gasteiger charge is -2.29. The summed E-state index contributed by atoms with van der Waals surface area (Å²) in [6.07, 6.45) is 1.25. The minimum atomic E-state index is -3.60. The van der Waals surface area contributed by atoms with Crippen molar-refractivity contribution in [2.75, 3.05) is 26.3 Å². The Bertz CT molecular complexity index is 433. The monoisotopic (exact) mass is 320 g/mol. The molecule has 0 aliphatic carbocycles. The molecule has 1 amide bonds. The predicted octanol–water partition coefficient (Wildman–Crippen LogP) is 1.79. The van der Waals surface area contributed by atoms with Crippen LogP contribution < -0.4 is 0 Å². The van der Waals surface area contributed by atoms with Gasteiger partial charge >= 0.3 is 5.92 Å². The van der Waals surface area contributed by atoms with Gasteiger partial charge in [-0.1, -0.05) is 0 Å². The summed E-state index contributed by atoms with van der Waals surface area (Å²) in [6.45, 7) is 0.946. The first-order valence-electron chi connectivity index (χ1n) is 5.39. The van der Waals surface area contributed by atoms with Crippen LogP contribution >= 0.6 is 15.9 Å². The van der Waals surface area contributed by atoms with Crippen molar-refractivity contribution in [2.24, 2.45) is 0 Å². The molecule has 4 nitrogen and oxygen atoms in total. The molecule has 0 atom stereocenters. The van der Waals surface area contributed by atoms with Gasteiger partial charge in [0.15, 0.2) is 0 Å². The number of carbonyl (C=O) groups excluding carboxylic acids is 1. The Balaban J connectivity index is 2.18. The number of pyridine rings is 1. The fourth-order valence-corrected chi connectivity index (χ4v) is 1.87. The van der Waals surface area contributed by atoms with Crippen molar-refractivity contribution in [1.82, 2.24) is 9.88 Å². The van der Waals surface area contributed by atoms with Crippen molar-refractivity contribution in [3.05, 3.63) is 28.5 Å². The SMILES string of the molecule is O=C(N1CCOCC1)C(F)(F)c1ccc(Br)cn1. The maximum atomic E-state index is 14.0. The third-order valence-electron chi connectivity index (χ3n) is 2.62. The number of morpholine rings is 1. The molecule has 0 aromatic carbocycles. The van der Waals surface area contributed by atoms with E-state index in [-0.39, 0.29) is 26.3 Å². The quantitative estimate of drug-likeness (QED) is 0.834. The van der Waals surface area contributed by atoms with E-state index in [1.807, 2.05) is 0 Å². The molecule has 98 valence electrons. The number of carbonyl (C=O) groups is 1. The maximum absolute atomic E-state index is 14.0. The average molecular weight is 321 g/mol. The molecule has 0 radical (unpaired) electrons. The van der Waals surface area contributed by atoms with Gasteiger partial charge in [0.2, 0.25) is 0 Å². The van der Waals surface area contributed by atoms with Crippen LogP contribution in [-0.2, 0) is 15.5 Å². The molecule has 1 fully saturated rings. The van der Waals surface area contributed by atoms with Gasteiger partial charge < -0.3 is 9.64 Å². The summed E-state index contributed by atoms with van der Waals surface area (Å²) < 4.78 is 33.5. The maximum Gasteiger partial charge on any atom is 0.366 e. The van der Waals surface area contributed by atoms with Gasteiger partial charge in [0.25, 0.3) is 5.91 Å². The number of halogens is 3. The third-order valence-corrected chi connectivity index (χ3v) is 3.09. The summed E-state index contributed by atoms with van der Waals surface area (Å²) in [5.74, 6) is -4.82. The van der Waals surface area contributed by atoms with Gasteiger partial charge in [-0.05, 0) is 28.1 Å². The summed E-state index contributed by atoms with van der Waals surface area (Å²) in [4.78, 5) is 16.5. The molecule has 0 bridgehead atoms. The fourth-order valence-electron chi connectivity index (χ4n) is 1.64. The first-order valence-corrected chi connectivity index (χ1v) is 6.18. The zero-order valence-corrected chi connectivity index (χ0v) is 11.0. The number of nitrogens with zero attached hydrogens (tertiary/aromatic N) is 2. The molecule has 2 rings (SSSR count). The van der Waals surface area contributed by atoms with Crippen LogP contribution in [0.15, 0.2) is 22.8 Å². The highest BCUT2D eigenvalue weighted by atomic mass is 79.9. The van der Waals surface area contributed by atoms with Crippen LogP contribution in [0, 0.1) is 0 Å². The minimum absolute atomic E-state index is 0.185. The van der Waals surface area contributed by atoms with Crippen LogP contribution in [0.2, 0.25) is 0 Å². The van der Waals surface area contributed by atoms with Gasteiger partial charge in [-0.2, -0.15) is 8.78 Å². The van der Waals surface area contributed by atoms with Gasteiger partial charge in [0, 0.05) is 23.8 Å². The zero-order valence-electron chi connectivity index (χ0n) is 9.41. The third kappa shape index (κ3) is 2.67. The first-order chi connectivity index (χ1) is 8.51. The largest absolute Gasteiger partial charge is 0.378 e. The van der Waals surface area contributed by atoms with E-state index >= 15 is 0 Å². The Morgan fingerprint density at radius 3 is 2.61 bits per heavy atom. The van der Waals surface area contributed by atoms with E-state index in [1.54, 1.807) is 0 Å². The highest BCUT2D eigenvalue weighted by molar-refractivity contribution is 9.10. The van der Waals surface area contributed by atoms with Gasteiger partial charge in [-0.15, -0.1) is 0 Å². The number of hydrogen-bond donors (Lipinski definition) is 0. The Labute approximate surface area is 111 Å². The molecule has 1 aromatic rings. The Morgan fingerprint density at radius 2 is 2.06 bits per heavy atom. The average Bonchev–Trinajstić information content (AvgIpc) is 2.39. The van der Waals surface area contributed by atoms with Crippen molar-refractivity contribution in [2.45, 2.75) is 5.92 Å². The predicted molar refractivity (Wildman–Crippen MR) is 63.2 cm³/mol. The van der Waals surface area contributed by atoms with E-state index in [0.29, 0.717) is 4.47 Å². The number of rotatable bonds is 2. The second kappa shape index (κ2) is 5.27. The summed E-state index contributed by atoms with van der Waals surface area (Å²) >= 11 is 3.11. The summed E-state index contributed by atoms with van der Waals surface area (Å²) in [5, 5.41) is 0. The molecule has 7 heteroatoms.